The fraction of sp³-hybridized carbons (Fsp3) is 0.462. The number of aliphatic carboxylic acids is 1. The number of ether oxygens (including phenoxy) is 1. The fourth-order valence-electron chi connectivity index (χ4n) is 1.52. The molecule has 1 aromatic rings. The average Bonchev–Trinajstić information content (AvgIpc) is 2.40. The van der Waals surface area contributed by atoms with E-state index >= 15 is 0 Å². The Kier molecular flexibility index (Phi) is 6.57. The van der Waals surface area contributed by atoms with Crippen LogP contribution in [0.5, 0.6) is 5.75 Å². The molecule has 0 spiro atoms. The van der Waals surface area contributed by atoms with Crippen LogP contribution in [0.15, 0.2) is 24.3 Å². The smallest absolute Gasteiger partial charge is 0.303 e. The zero-order chi connectivity index (χ0) is 15.9. The van der Waals surface area contributed by atoms with Gasteiger partial charge in [-0.15, -0.1) is 0 Å². The van der Waals surface area contributed by atoms with E-state index in [-0.39, 0.29) is 37.6 Å². The third kappa shape index (κ3) is 6.54. The molecule has 0 aliphatic rings. The molecule has 118 valence electrons. The molecule has 0 saturated carbocycles. The van der Waals surface area contributed by atoms with E-state index < -0.39 is 16.0 Å². The number of hydrogen-bond donors (Lipinski definition) is 1. The Hall–Kier alpha value is -1.67. The molecule has 0 aliphatic heterocycles. The molecule has 6 nitrogen and oxygen atoms in total. The number of sulfonamides is 1. The first-order valence-corrected chi connectivity index (χ1v) is 7.96. The predicted octanol–water partition coefficient (Wildman–Crippen LogP) is 1.33. The zero-order valence-electron chi connectivity index (χ0n) is 11.7. The molecule has 1 aromatic carbocycles. The highest BCUT2D eigenvalue weighted by atomic mass is 32.2. The first-order chi connectivity index (χ1) is 9.81. The summed E-state index contributed by atoms with van der Waals surface area (Å²) in [5.41, 5.74) is 0. The van der Waals surface area contributed by atoms with Crippen molar-refractivity contribution < 1.29 is 27.4 Å². The molecule has 0 aromatic heterocycles. The Morgan fingerprint density at radius 3 is 2.52 bits per heavy atom. The van der Waals surface area contributed by atoms with E-state index in [4.69, 9.17) is 9.84 Å². The van der Waals surface area contributed by atoms with Crippen LogP contribution in [0.1, 0.15) is 12.8 Å². The van der Waals surface area contributed by atoms with Crippen LogP contribution in [0.4, 0.5) is 4.39 Å². The van der Waals surface area contributed by atoms with Crippen LogP contribution < -0.4 is 4.74 Å². The van der Waals surface area contributed by atoms with Gasteiger partial charge in [-0.25, -0.2) is 17.1 Å². The highest BCUT2D eigenvalue weighted by Crippen LogP contribution is 2.11. The number of carboxylic acids is 1. The summed E-state index contributed by atoms with van der Waals surface area (Å²) in [6, 6.07) is 5.41. The molecular formula is C13H18FNO5S. The van der Waals surface area contributed by atoms with E-state index in [1.54, 1.807) is 0 Å². The summed E-state index contributed by atoms with van der Waals surface area (Å²) in [4.78, 5) is 10.4. The Bertz CT molecular complexity index is 558. The quantitative estimate of drug-likeness (QED) is 0.742. The standard InChI is InChI=1S/C13H18FNO5S/c1-15(21(18,19)10-2-3-13(16)17)8-9-20-12-6-4-11(14)5-7-12/h4-7H,2-3,8-10H2,1H3,(H,16,17). The van der Waals surface area contributed by atoms with E-state index in [9.17, 15) is 17.6 Å². The van der Waals surface area contributed by atoms with Gasteiger partial charge in [0.25, 0.3) is 0 Å². The number of nitrogens with zero attached hydrogens (tertiary/aromatic N) is 1. The van der Waals surface area contributed by atoms with Gasteiger partial charge in [-0.05, 0) is 30.7 Å². The van der Waals surface area contributed by atoms with Gasteiger partial charge in [0.15, 0.2) is 0 Å². The maximum atomic E-state index is 12.7. The summed E-state index contributed by atoms with van der Waals surface area (Å²) in [5, 5.41) is 8.48. The zero-order valence-corrected chi connectivity index (χ0v) is 12.5. The highest BCUT2D eigenvalue weighted by Gasteiger charge is 2.17. The molecule has 0 heterocycles. The fourth-order valence-corrected chi connectivity index (χ4v) is 2.70. The number of carbonyl (C=O) groups is 1. The molecule has 0 radical (unpaired) electrons. The summed E-state index contributed by atoms with van der Waals surface area (Å²) in [5.74, 6) is -1.16. The van der Waals surface area contributed by atoms with Crippen molar-refractivity contribution in [2.45, 2.75) is 12.8 Å². The molecule has 0 unspecified atom stereocenters. The van der Waals surface area contributed by atoms with Crippen LogP contribution >= 0.6 is 0 Å². The lowest BCUT2D eigenvalue weighted by Crippen LogP contribution is -2.33. The summed E-state index contributed by atoms with van der Waals surface area (Å²) in [6.45, 7) is 0.257. The Morgan fingerprint density at radius 1 is 1.33 bits per heavy atom. The predicted molar refractivity (Wildman–Crippen MR) is 75.2 cm³/mol. The highest BCUT2D eigenvalue weighted by molar-refractivity contribution is 7.89. The first-order valence-electron chi connectivity index (χ1n) is 6.35. The molecule has 0 atom stereocenters. The number of likely N-dealkylation sites (N-methyl/N-ethyl adjacent to an activating group) is 1. The number of halogens is 1. The van der Waals surface area contributed by atoms with Crippen LogP contribution in [0.25, 0.3) is 0 Å². The van der Waals surface area contributed by atoms with Gasteiger partial charge >= 0.3 is 5.97 Å². The Balaban J connectivity index is 2.36. The van der Waals surface area contributed by atoms with Crippen molar-refractivity contribution in [2.24, 2.45) is 0 Å². The minimum atomic E-state index is -3.49. The number of carboxylic acid groups (broad SMARTS) is 1. The summed E-state index contributed by atoms with van der Waals surface area (Å²) < 4.78 is 42.8. The van der Waals surface area contributed by atoms with E-state index in [1.165, 1.54) is 31.3 Å². The Labute approximate surface area is 123 Å². The van der Waals surface area contributed by atoms with Gasteiger partial charge in [-0.1, -0.05) is 0 Å². The van der Waals surface area contributed by atoms with Gasteiger partial charge in [-0.2, -0.15) is 0 Å². The van der Waals surface area contributed by atoms with Crippen LogP contribution in [0.3, 0.4) is 0 Å². The van der Waals surface area contributed by atoms with Crippen LogP contribution in [-0.4, -0.2) is 49.8 Å². The average molecular weight is 319 g/mol. The topological polar surface area (TPSA) is 83.9 Å². The molecule has 1 N–H and O–H groups in total. The Morgan fingerprint density at radius 2 is 1.95 bits per heavy atom. The number of benzene rings is 1. The summed E-state index contributed by atoms with van der Waals surface area (Å²) in [6.07, 6.45) is -0.111. The van der Waals surface area contributed by atoms with E-state index in [0.717, 1.165) is 4.31 Å². The second-order valence-electron chi connectivity index (χ2n) is 4.44. The lowest BCUT2D eigenvalue weighted by atomic mass is 10.3. The summed E-state index contributed by atoms with van der Waals surface area (Å²) in [7, 11) is -2.08. The van der Waals surface area contributed by atoms with E-state index in [2.05, 4.69) is 0 Å². The normalized spacial score (nSPS) is 11.6. The van der Waals surface area contributed by atoms with Gasteiger partial charge < -0.3 is 9.84 Å². The molecule has 0 fully saturated rings. The minimum Gasteiger partial charge on any atom is -0.492 e. The van der Waals surface area contributed by atoms with Crippen LogP contribution in [-0.2, 0) is 14.8 Å². The molecule has 8 heteroatoms. The molecule has 0 saturated heterocycles. The molecule has 1 rings (SSSR count). The maximum absolute atomic E-state index is 12.7. The van der Waals surface area contributed by atoms with Crippen molar-refractivity contribution in [1.29, 1.82) is 0 Å². The maximum Gasteiger partial charge on any atom is 0.303 e. The van der Waals surface area contributed by atoms with Gasteiger partial charge in [0, 0.05) is 20.0 Å². The van der Waals surface area contributed by atoms with Gasteiger partial charge in [0.1, 0.15) is 18.2 Å². The first kappa shape index (κ1) is 17.4. The van der Waals surface area contributed by atoms with E-state index in [0.29, 0.717) is 5.75 Å². The second kappa shape index (κ2) is 7.94. The van der Waals surface area contributed by atoms with E-state index in [1.807, 2.05) is 0 Å². The van der Waals surface area contributed by atoms with Crippen molar-refractivity contribution in [2.75, 3.05) is 26.0 Å². The largest absolute Gasteiger partial charge is 0.492 e. The number of hydrogen-bond acceptors (Lipinski definition) is 4. The molecule has 0 aliphatic carbocycles. The lowest BCUT2D eigenvalue weighted by Gasteiger charge is -2.17. The van der Waals surface area contributed by atoms with Crippen LogP contribution in [0.2, 0.25) is 0 Å². The van der Waals surface area contributed by atoms with Gasteiger partial charge in [0.2, 0.25) is 10.0 Å². The van der Waals surface area contributed by atoms with Gasteiger partial charge in [-0.3, -0.25) is 4.79 Å². The SMILES string of the molecule is CN(CCOc1ccc(F)cc1)S(=O)(=O)CCCC(=O)O. The molecule has 0 amide bonds. The third-order valence-electron chi connectivity index (χ3n) is 2.76. The van der Waals surface area contributed by atoms with Crippen molar-refractivity contribution in [1.82, 2.24) is 4.31 Å². The lowest BCUT2D eigenvalue weighted by molar-refractivity contribution is -0.137. The second-order valence-corrected chi connectivity index (χ2v) is 6.63. The van der Waals surface area contributed by atoms with Crippen molar-refractivity contribution in [3.05, 3.63) is 30.1 Å². The minimum absolute atomic E-state index is 0.0703. The van der Waals surface area contributed by atoms with Crippen molar-refractivity contribution in [3.63, 3.8) is 0 Å². The number of rotatable bonds is 9. The summed E-state index contributed by atoms with van der Waals surface area (Å²) >= 11 is 0. The molecule has 21 heavy (non-hydrogen) atoms. The third-order valence-corrected chi connectivity index (χ3v) is 4.69. The van der Waals surface area contributed by atoms with Crippen LogP contribution in [0, 0.1) is 5.82 Å². The molecule has 0 bridgehead atoms. The van der Waals surface area contributed by atoms with Crippen molar-refractivity contribution >= 4 is 16.0 Å². The van der Waals surface area contributed by atoms with Crippen molar-refractivity contribution in [3.8, 4) is 5.75 Å². The molecular weight excluding hydrogens is 301 g/mol. The monoisotopic (exact) mass is 319 g/mol. The van der Waals surface area contributed by atoms with Gasteiger partial charge in [0.05, 0.1) is 5.75 Å².